The zero-order chi connectivity index (χ0) is 18.4. The van der Waals surface area contributed by atoms with Crippen LogP contribution >= 0.6 is 21.6 Å². The number of allylic oxidation sites excluding steroid dienone is 1. The maximum atomic E-state index is 2.48. The topological polar surface area (TPSA) is 6.25 Å². The fourth-order valence-corrected chi connectivity index (χ4v) is 5.63. The Bertz CT molecular complexity index is 674. The van der Waals surface area contributed by atoms with Crippen LogP contribution in [0, 0.1) is 6.92 Å². The Labute approximate surface area is 161 Å². The zero-order valence-electron chi connectivity index (χ0n) is 16.4. The molecule has 0 aliphatic carbocycles. The van der Waals surface area contributed by atoms with Gasteiger partial charge in [-0.3, -0.25) is 9.48 Å². The highest BCUT2D eigenvalue weighted by Crippen LogP contribution is 2.50. The largest absolute Gasteiger partial charge is 0.275 e. The second-order valence-corrected chi connectivity index (χ2v) is 8.41. The van der Waals surface area contributed by atoms with Crippen LogP contribution in [0.15, 0.2) is 40.8 Å². The number of amidine groups is 1. The van der Waals surface area contributed by atoms with Crippen LogP contribution in [0.5, 0.6) is 0 Å². The second kappa shape index (κ2) is 9.54. The van der Waals surface area contributed by atoms with Gasteiger partial charge in [-0.05, 0) is 53.2 Å². The molecule has 0 saturated carbocycles. The first kappa shape index (κ1) is 20.2. The van der Waals surface area contributed by atoms with E-state index < -0.39 is 0 Å². The molecule has 0 bridgehead atoms. The van der Waals surface area contributed by atoms with Gasteiger partial charge < -0.3 is 0 Å². The number of hydrogen-bond donors (Lipinski definition) is 0. The Hall–Kier alpha value is -1.13. The molecule has 0 amide bonds. The number of nitrogens with zero attached hydrogens (tertiary/aromatic N) is 2. The van der Waals surface area contributed by atoms with Gasteiger partial charge in [0.1, 0.15) is 0 Å². The summed E-state index contributed by atoms with van der Waals surface area (Å²) in [6.07, 6.45) is 2.36. The van der Waals surface area contributed by atoms with E-state index in [2.05, 4.69) is 81.4 Å². The van der Waals surface area contributed by atoms with E-state index in [1.807, 2.05) is 21.6 Å². The molecular weight excluding hydrogens is 344 g/mol. The molecule has 4 heteroatoms. The predicted octanol–water partition coefficient (Wildman–Crippen LogP) is 5.80. The summed E-state index contributed by atoms with van der Waals surface area (Å²) in [7, 11) is 3.77. The molecule has 0 N–H and O–H groups in total. The molecule has 1 aromatic carbocycles. The SMILES string of the molecule is CCN(CC)C(/C(C)=C1/C=C(c2ccc(C)cc2)SS1)=[N+](CC)CC. The molecule has 0 unspecified atom stereocenters. The lowest BCUT2D eigenvalue weighted by atomic mass is 10.1. The quantitative estimate of drug-likeness (QED) is 0.268. The summed E-state index contributed by atoms with van der Waals surface area (Å²) in [5.74, 6) is 1.39. The molecule has 0 saturated heterocycles. The van der Waals surface area contributed by atoms with E-state index in [4.69, 9.17) is 0 Å². The van der Waals surface area contributed by atoms with Crippen molar-refractivity contribution in [2.45, 2.75) is 41.5 Å². The number of rotatable bonds is 6. The van der Waals surface area contributed by atoms with Crippen molar-refractivity contribution in [3.8, 4) is 0 Å². The first-order valence-corrected chi connectivity index (χ1v) is 11.4. The van der Waals surface area contributed by atoms with Crippen LogP contribution < -0.4 is 0 Å². The molecule has 1 heterocycles. The minimum absolute atomic E-state index is 1.04. The fourth-order valence-electron chi connectivity index (χ4n) is 3.11. The maximum absolute atomic E-state index is 2.48. The van der Waals surface area contributed by atoms with E-state index in [0.29, 0.717) is 0 Å². The van der Waals surface area contributed by atoms with E-state index >= 15 is 0 Å². The lowest BCUT2D eigenvalue weighted by molar-refractivity contribution is -0.525. The van der Waals surface area contributed by atoms with E-state index in [1.54, 1.807) is 0 Å². The van der Waals surface area contributed by atoms with Gasteiger partial charge in [-0.25, -0.2) is 0 Å². The summed E-state index contributed by atoms with van der Waals surface area (Å²) in [5.41, 5.74) is 4.02. The van der Waals surface area contributed by atoms with Gasteiger partial charge in [0, 0.05) is 9.81 Å². The fraction of sp³-hybridized carbons (Fsp3) is 0.476. The van der Waals surface area contributed by atoms with Gasteiger partial charge >= 0.3 is 0 Å². The van der Waals surface area contributed by atoms with Crippen LogP contribution in [0.4, 0.5) is 0 Å². The van der Waals surface area contributed by atoms with Crippen molar-refractivity contribution < 1.29 is 4.58 Å². The first-order chi connectivity index (χ1) is 12.0. The summed E-state index contributed by atoms with van der Waals surface area (Å²) in [5, 5.41) is 0. The Morgan fingerprint density at radius 3 is 2.08 bits per heavy atom. The highest BCUT2D eigenvalue weighted by molar-refractivity contribution is 8.82. The smallest absolute Gasteiger partial charge is 0.262 e. The lowest BCUT2D eigenvalue weighted by Gasteiger charge is -2.21. The molecule has 1 aliphatic rings. The van der Waals surface area contributed by atoms with Crippen LogP contribution in [-0.4, -0.2) is 41.5 Å². The molecule has 0 spiro atoms. The summed E-state index contributed by atoms with van der Waals surface area (Å²) in [4.78, 5) is 5.23. The lowest BCUT2D eigenvalue weighted by Crippen LogP contribution is -2.39. The van der Waals surface area contributed by atoms with Crippen LogP contribution in [0.3, 0.4) is 0 Å². The molecule has 0 radical (unpaired) electrons. The Morgan fingerprint density at radius 2 is 1.56 bits per heavy atom. The molecule has 25 heavy (non-hydrogen) atoms. The number of likely N-dealkylation sites (N-methyl/N-ethyl adjacent to an activating group) is 1. The predicted molar refractivity (Wildman–Crippen MR) is 116 cm³/mol. The van der Waals surface area contributed by atoms with E-state index in [0.717, 1.165) is 26.2 Å². The van der Waals surface area contributed by atoms with Crippen LogP contribution in [0.2, 0.25) is 0 Å². The minimum atomic E-state index is 1.04. The second-order valence-electron chi connectivity index (χ2n) is 6.20. The Kier molecular flexibility index (Phi) is 7.70. The van der Waals surface area contributed by atoms with Gasteiger partial charge in [0.25, 0.3) is 5.84 Å². The third-order valence-electron chi connectivity index (χ3n) is 4.65. The molecule has 136 valence electrons. The van der Waals surface area contributed by atoms with Crippen molar-refractivity contribution in [3.63, 3.8) is 0 Å². The van der Waals surface area contributed by atoms with E-state index in [-0.39, 0.29) is 0 Å². The van der Waals surface area contributed by atoms with Crippen molar-refractivity contribution in [1.82, 2.24) is 4.90 Å². The normalized spacial score (nSPS) is 15.8. The summed E-state index contributed by atoms with van der Waals surface area (Å²) in [6, 6.07) is 8.84. The van der Waals surface area contributed by atoms with E-state index in [1.165, 1.54) is 32.3 Å². The van der Waals surface area contributed by atoms with Crippen LogP contribution in [0.1, 0.15) is 45.7 Å². The van der Waals surface area contributed by atoms with Gasteiger partial charge in [0.05, 0.1) is 31.8 Å². The van der Waals surface area contributed by atoms with Crippen molar-refractivity contribution in [2.24, 2.45) is 0 Å². The molecule has 1 aliphatic heterocycles. The number of hydrogen-bond acceptors (Lipinski definition) is 2. The van der Waals surface area contributed by atoms with Crippen molar-refractivity contribution in [3.05, 3.63) is 51.9 Å². The van der Waals surface area contributed by atoms with Crippen molar-refractivity contribution >= 4 is 32.3 Å². The van der Waals surface area contributed by atoms with Gasteiger partial charge in [-0.15, -0.1) is 0 Å². The van der Waals surface area contributed by atoms with Crippen LogP contribution in [0.25, 0.3) is 4.91 Å². The molecule has 0 aromatic heterocycles. The highest BCUT2D eigenvalue weighted by atomic mass is 33.1. The molecule has 1 aromatic rings. The number of benzene rings is 1. The van der Waals surface area contributed by atoms with Gasteiger partial charge in [-0.2, -0.15) is 0 Å². The zero-order valence-corrected chi connectivity index (χ0v) is 18.1. The average molecular weight is 376 g/mol. The Balaban J connectivity index is 2.45. The van der Waals surface area contributed by atoms with Gasteiger partial charge in [0.2, 0.25) is 0 Å². The van der Waals surface area contributed by atoms with Gasteiger partial charge in [0.15, 0.2) is 0 Å². The number of aryl methyl sites for hydroxylation is 1. The monoisotopic (exact) mass is 375 g/mol. The third-order valence-corrected chi connectivity index (χ3v) is 7.20. The molecular formula is C21H31N2S2+. The molecule has 0 fully saturated rings. The standard InChI is InChI=1S/C21H31N2S2/c1-7-22(8-2)21(23(9-3)10-4)17(6)19-15-20(25-24-19)18-13-11-16(5)12-14-18/h11-15H,7-10H2,1-6H3/q+1/b19-17-. The maximum Gasteiger partial charge on any atom is 0.275 e. The minimum Gasteiger partial charge on any atom is -0.262 e. The summed E-state index contributed by atoms with van der Waals surface area (Å²) >= 11 is 0. The van der Waals surface area contributed by atoms with Crippen LogP contribution in [-0.2, 0) is 0 Å². The Morgan fingerprint density at radius 1 is 0.960 bits per heavy atom. The molecule has 2 nitrogen and oxygen atoms in total. The summed E-state index contributed by atoms with van der Waals surface area (Å²) in [6.45, 7) is 17.6. The first-order valence-electron chi connectivity index (χ1n) is 9.26. The molecule has 0 atom stereocenters. The molecule has 2 rings (SSSR count). The summed E-state index contributed by atoms with van der Waals surface area (Å²) < 4.78 is 2.48. The van der Waals surface area contributed by atoms with Crippen molar-refractivity contribution in [2.75, 3.05) is 26.2 Å². The third kappa shape index (κ3) is 4.73. The van der Waals surface area contributed by atoms with Crippen molar-refractivity contribution in [1.29, 1.82) is 0 Å². The average Bonchev–Trinajstić information content (AvgIpc) is 3.12. The van der Waals surface area contributed by atoms with Gasteiger partial charge in [-0.1, -0.05) is 51.4 Å². The highest BCUT2D eigenvalue weighted by Gasteiger charge is 2.26. The van der Waals surface area contributed by atoms with E-state index in [9.17, 15) is 0 Å².